The first kappa shape index (κ1) is 14.1. The molecule has 7 heteroatoms. The van der Waals surface area contributed by atoms with Gasteiger partial charge in [-0.25, -0.2) is 9.36 Å². The van der Waals surface area contributed by atoms with Gasteiger partial charge in [-0.2, -0.15) is 5.26 Å². The van der Waals surface area contributed by atoms with E-state index in [4.69, 9.17) is 5.26 Å². The highest BCUT2D eigenvalue weighted by molar-refractivity contribution is 5.76. The van der Waals surface area contributed by atoms with E-state index in [0.717, 1.165) is 17.4 Å². The SMILES string of the molecule is CCn1cc(C#N)c(=O)n(CC(=O)N2CCCC2)c1=O. The Morgan fingerprint density at radius 3 is 2.55 bits per heavy atom. The fourth-order valence-corrected chi connectivity index (χ4v) is 2.30. The summed E-state index contributed by atoms with van der Waals surface area (Å²) >= 11 is 0. The first-order valence-corrected chi connectivity index (χ1v) is 6.60. The van der Waals surface area contributed by atoms with Gasteiger partial charge < -0.3 is 4.90 Å². The third-order valence-electron chi connectivity index (χ3n) is 3.45. The monoisotopic (exact) mass is 276 g/mol. The molecule has 0 unspecified atom stereocenters. The number of hydrogen-bond acceptors (Lipinski definition) is 4. The van der Waals surface area contributed by atoms with Crippen molar-refractivity contribution in [2.75, 3.05) is 13.1 Å². The molecule has 0 saturated carbocycles. The molecule has 106 valence electrons. The smallest absolute Gasteiger partial charge is 0.331 e. The summed E-state index contributed by atoms with van der Waals surface area (Å²) in [5, 5.41) is 8.93. The second kappa shape index (κ2) is 5.74. The van der Waals surface area contributed by atoms with Crippen molar-refractivity contribution in [3.8, 4) is 6.07 Å². The topological polar surface area (TPSA) is 88.1 Å². The minimum absolute atomic E-state index is 0.124. The van der Waals surface area contributed by atoms with Crippen molar-refractivity contribution in [2.45, 2.75) is 32.9 Å². The van der Waals surface area contributed by atoms with E-state index in [1.807, 2.05) is 0 Å². The van der Waals surface area contributed by atoms with E-state index in [9.17, 15) is 14.4 Å². The number of carbonyl (C=O) groups is 1. The summed E-state index contributed by atoms with van der Waals surface area (Å²) < 4.78 is 2.11. The Morgan fingerprint density at radius 1 is 1.35 bits per heavy atom. The average molecular weight is 276 g/mol. The first-order chi connectivity index (χ1) is 9.58. The molecule has 0 N–H and O–H groups in total. The van der Waals surface area contributed by atoms with Crippen LogP contribution in [0.15, 0.2) is 15.8 Å². The van der Waals surface area contributed by atoms with Crippen LogP contribution in [-0.2, 0) is 17.9 Å². The molecule has 7 nitrogen and oxygen atoms in total. The van der Waals surface area contributed by atoms with E-state index >= 15 is 0 Å². The molecule has 1 aromatic rings. The van der Waals surface area contributed by atoms with E-state index < -0.39 is 11.2 Å². The van der Waals surface area contributed by atoms with E-state index in [1.165, 1.54) is 10.8 Å². The lowest BCUT2D eigenvalue weighted by atomic mass is 10.3. The van der Waals surface area contributed by atoms with Crippen LogP contribution in [0.3, 0.4) is 0 Å². The zero-order chi connectivity index (χ0) is 14.7. The molecule has 1 fully saturated rings. The number of nitriles is 1. The van der Waals surface area contributed by atoms with Gasteiger partial charge in [0, 0.05) is 25.8 Å². The number of likely N-dealkylation sites (tertiary alicyclic amines) is 1. The fourth-order valence-electron chi connectivity index (χ4n) is 2.30. The second-order valence-corrected chi connectivity index (χ2v) is 4.70. The highest BCUT2D eigenvalue weighted by Gasteiger charge is 2.20. The number of aromatic nitrogens is 2. The van der Waals surface area contributed by atoms with Gasteiger partial charge in [0.15, 0.2) is 0 Å². The summed E-state index contributed by atoms with van der Waals surface area (Å²) in [6.45, 7) is 3.10. The van der Waals surface area contributed by atoms with Gasteiger partial charge in [-0.1, -0.05) is 0 Å². The summed E-state index contributed by atoms with van der Waals surface area (Å²) in [6.07, 6.45) is 3.12. The molecule has 1 amide bonds. The van der Waals surface area contributed by atoms with Gasteiger partial charge in [-0.05, 0) is 19.8 Å². The lowest BCUT2D eigenvalue weighted by Crippen LogP contribution is -2.44. The third-order valence-corrected chi connectivity index (χ3v) is 3.45. The molecule has 0 atom stereocenters. The largest absolute Gasteiger partial charge is 0.341 e. The molecule has 1 aromatic heterocycles. The third kappa shape index (κ3) is 2.50. The minimum Gasteiger partial charge on any atom is -0.341 e. The van der Waals surface area contributed by atoms with Crippen molar-refractivity contribution in [3.63, 3.8) is 0 Å². The van der Waals surface area contributed by atoms with Gasteiger partial charge in [0.1, 0.15) is 18.2 Å². The number of rotatable bonds is 3. The summed E-state index contributed by atoms with van der Waals surface area (Å²) in [7, 11) is 0. The summed E-state index contributed by atoms with van der Waals surface area (Å²) in [6, 6.07) is 1.76. The Kier molecular flexibility index (Phi) is 4.03. The number of carbonyl (C=O) groups excluding carboxylic acids is 1. The van der Waals surface area contributed by atoms with Crippen LogP contribution in [0, 0.1) is 11.3 Å². The average Bonchev–Trinajstić information content (AvgIpc) is 2.98. The van der Waals surface area contributed by atoms with Gasteiger partial charge in [0.25, 0.3) is 5.56 Å². The standard InChI is InChI=1S/C13H16N4O3/c1-2-15-8-10(7-14)12(19)17(13(15)20)9-11(18)16-5-3-4-6-16/h8H,2-6,9H2,1H3. The Labute approximate surface area is 115 Å². The van der Waals surface area contributed by atoms with Crippen molar-refractivity contribution >= 4 is 5.91 Å². The van der Waals surface area contributed by atoms with Crippen LogP contribution in [0.25, 0.3) is 0 Å². The maximum atomic E-state index is 12.1. The van der Waals surface area contributed by atoms with Crippen LogP contribution in [-0.4, -0.2) is 33.0 Å². The van der Waals surface area contributed by atoms with Crippen LogP contribution in [0.4, 0.5) is 0 Å². The van der Waals surface area contributed by atoms with Gasteiger partial charge in [0.2, 0.25) is 5.91 Å². The molecular weight excluding hydrogens is 260 g/mol. The first-order valence-electron chi connectivity index (χ1n) is 6.60. The molecule has 0 radical (unpaired) electrons. The van der Waals surface area contributed by atoms with Crippen molar-refractivity contribution in [3.05, 3.63) is 32.6 Å². The molecule has 0 aromatic carbocycles. The molecular formula is C13H16N4O3. The lowest BCUT2D eigenvalue weighted by Gasteiger charge is -2.16. The van der Waals surface area contributed by atoms with Crippen LogP contribution in [0.1, 0.15) is 25.3 Å². The van der Waals surface area contributed by atoms with E-state index in [1.54, 1.807) is 17.9 Å². The second-order valence-electron chi connectivity index (χ2n) is 4.70. The van der Waals surface area contributed by atoms with Gasteiger partial charge in [-0.3, -0.25) is 14.2 Å². The highest BCUT2D eigenvalue weighted by Crippen LogP contribution is 2.07. The maximum Gasteiger partial charge on any atom is 0.331 e. The van der Waals surface area contributed by atoms with E-state index in [-0.39, 0.29) is 18.0 Å². The molecule has 20 heavy (non-hydrogen) atoms. The van der Waals surface area contributed by atoms with Crippen LogP contribution >= 0.6 is 0 Å². The number of hydrogen-bond donors (Lipinski definition) is 0. The van der Waals surface area contributed by atoms with Crippen molar-refractivity contribution in [1.29, 1.82) is 5.26 Å². The van der Waals surface area contributed by atoms with E-state index in [0.29, 0.717) is 19.6 Å². The number of amides is 1. The molecule has 2 rings (SSSR count). The van der Waals surface area contributed by atoms with Crippen molar-refractivity contribution in [2.24, 2.45) is 0 Å². The lowest BCUT2D eigenvalue weighted by molar-refractivity contribution is -0.130. The van der Waals surface area contributed by atoms with Gasteiger partial charge >= 0.3 is 5.69 Å². The Bertz CT molecular complexity index is 674. The number of aryl methyl sites for hydroxylation is 1. The van der Waals surface area contributed by atoms with E-state index in [2.05, 4.69) is 0 Å². The van der Waals surface area contributed by atoms with Crippen LogP contribution in [0.2, 0.25) is 0 Å². The Hall–Kier alpha value is -2.36. The summed E-state index contributed by atoms with van der Waals surface area (Å²) in [4.78, 5) is 37.8. The zero-order valence-corrected chi connectivity index (χ0v) is 11.3. The van der Waals surface area contributed by atoms with Crippen LogP contribution < -0.4 is 11.2 Å². The zero-order valence-electron chi connectivity index (χ0n) is 11.3. The molecule has 1 saturated heterocycles. The quantitative estimate of drug-likeness (QED) is 0.746. The minimum atomic E-state index is -0.699. The molecule has 0 spiro atoms. The Balaban J connectivity index is 2.40. The molecule has 0 bridgehead atoms. The fraction of sp³-hybridized carbons (Fsp3) is 0.538. The number of nitrogens with zero attached hydrogens (tertiary/aromatic N) is 4. The maximum absolute atomic E-state index is 12.1. The summed E-state index contributed by atoms with van der Waals surface area (Å²) in [5.74, 6) is -0.251. The predicted molar refractivity (Wildman–Crippen MR) is 71.2 cm³/mol. The molecule has 2 heterocycles. The molecule has 1 aliphatic heterocycles. The molecule has 0 aliphatic carbocycles. The van der Waals surface area contributed by atoms with Crippen molar-refractivity contribution < 1.29 is 4.79 Å². The van der Waals surface area contributed by atoms with Crippen molar-refractivity contribution in [1.82, 2.24) is 14.0 Å². The highest BCUT2D eigenvalue weighted by atomic mass is 16.2. The predicted octanol–water partition coefficient (Wildman–Crippen LogP) is -0.476. The molecule has 1 aliphatic rings. The normalized spacial score (nSPS) is 14.3. The van der Waals surface area contributed by atoms with Gasteiger partial charge in [-0.15, -0.1) is 0 Å². The van der Waals surface area contributed by atoms with Crippen LogP contribution in [0.5, 0.6) is 0 Å². The summed E-state index contributed by atoms with van der Waals surface area (Å²) in [5.41, 5.74) is -1.38. The Morgan fingerprint density at radius 2 is 2.00 bits per heavy atom. The van der Waals surface area contributed by atoms with Gasteiger partial charge in [0.05, 0.1) is 0 Å².